The zero-order chi connectivity index (χ0) is 10.9. The Balaban J connectivity index is 2.89. The molecule has 0 fully saturated rings. The van der Waals surface area contributed by atoms with Crippen molar-refractivity contribution in [3.05, 3.63) is 12.3 Å². The molecule has 1 aliphatic rings. The average molecular weight is 197 g/mol. The quantitative estimate of drug-likeness (QED) is 0.631. The normalized spacial score (nSPS) is 28.6. The van der Waals surface area contributed by atoms with Crippen LogP contribution in [-0.2, 0) is 4.79 Å². The third-order valence-electron chi connectivity index (χ3n) is 2.55. The Labute approximate surface area is 85.8 Å². The molecule has 0 amide bonds. The number of ketones is 1. The first-order chi connectivity index (χ1) is 6.45. The molecule has 0 saturated heterocycles. The molecule has 2 unspecified atom stereocenters. The van der Waals surface area contributed by atoms with E-state index >= 15 is 0 Å². The van der Waals surface area contributed by atoms with Crippen LogP contribution in [0.25, 0.3) is 0 Å². The smallest absolute Gasteiger partial charge is 0.150 e. The van der Waals surface area contributed by atoms with Crippen LogP contribution < -0.4 is 0 Å². The lowest BCUT2D eigenvalue weighted by atomic mass is 10.1. The van der Waals surface area contributed by atoms with Crippen molar-refractivity contribution in [3.8, 4) is 0 Å². The van der Waals surface area contributed by atoms with E-state index in [-0.39, 0.29) is 18.1 Å². The van der Waals surface area contributed by atoms with Crippen molar-refractivity contribution in [1.82, 2.24) is 14.7 Å². The zero-order valence-corrected chi connectivity index (χ0v) is 9.56. The maximum atomic E-state index is 11.4. The molecule has 1 rings (SSSR count). The third-order valence-corrected chi connectivity index (χ3v) is 2.55. The Bertz CT molecular complexity index is 250. The molecule has 1 aliphatic heterocycles. The largest absolute Gasteiger partial charge is 0.353 e. The summed E-state index contributed by atoms with van der Waals surface area (Å²) in [6, 6.07) is -0.0985. The van der Waals surface area contributed by atoms with Gasteiger partial charge in [0.05, 0.1) is 6.04 Å². The predicted molar refractivity (Wildman–Crippen MR) is 56.6 cm³/mol. The summed E-state index contributed by atoms with van der Waals surface area (Å²) in [5, 5.41) is 0. The summed E-state index contributed by atoms with van der Waals surface area (Å²) in [7, 11) is 7.99. The van der Waals surface area contributed by atoms with E-state index in [1.807, 2.05) is 40.5 Å². The Hall–Kier alpha value is -0.870. The fourth-order valence-corrected chi connectivity index (χ4v) is 2.01. The highest BCUT2D eigenvalue weighted by Gasteiger charge is 2.30. The van der Waals surface area contributed by atoms with Crippen molar-refractivity contribution in [2.75, 3.05) is 28.2 Å². The van der Waals surface area contributed by atoms with Crippen LogP contribution in [0.15, 0.2) is 12.3 Å². The number of hydrogen-bond acceptors (Lipinski definition) is 4. The molecule has 0 N–H and O–H groups in total. The molecular weight excluding hydrogens is 178 g/mol. The first-order valence-electron chi connectivity index (χ1n) is 4.74. The Kier molecular flexibility index (Phi) is 3.29. The lowest BCUT2D eigenvalue weighted by Gasteiger charge is -2.44. The summed E-state index contributed by atoms with van der Waals surface area (Å²) < 4.78 is 0. The van der Waals surface area contributed by atoms with Crippen LogP contribution in [0, 0.1) is 0 Å². The summed E-state index contributed by atoms with van der Waals surface area (Å²) in [5.74, 6) is 0.184. The van der Waals surface area contributed by atoms with Crippen molar-refractivity contribution >= 4 is 5.78 Å². The van der Waals surface area contributed by atoms with Crippen LogP contribution in [0.3, 0.4) is 0 Å². The van der Waals surface area contributed by atoms with Gasteiger partial charge in [0.25, 0.3) is 0 Å². The number of carbonyl (C=O) groups excluding carboxylic acids is 1. The van der Waals surface area contributed by atoms with Gasteiger partial charge in [0.15, 0.2) is 5.78 Å². The fourth-order valence-electron chi connectivity index (χ4n) is 2.01. The van der Waals surface area contributed by atoms with E-state index in [9.17, 15) is 4.79 Å². The van der Waals surface area contributed by atoms with Gasteiger partial charge in [-0.1, -0.05) is 0 Å². The lowest BCUT2D eigenvalue weighted by Crippen LogP contribution is -2.58. The first kappa shape index (κ1) is 11.2. The van der Waals surface area contributed by atoms with Crippen LogP contribution in [0.2, 0.25) is 0 Å². The van der Waals surface area contributed by atoms with Crippen LogP contribution in [0.4, 0.5) is 0 Å². The molecule has 4 nitrogen and oxygen atoms in total. The molecule has 2 atom stereocenters. The number of nitrogens with zero attached hydrogens (tertiary/aromatic N) is 3. The van der Waals surface area contributed by atoms with Crippen LogP contribution in [-0.4, -0.2) is 61.0 Å². The lowest BCUT2D eigenvalue weighted by molar-refractivity contribution is -0.125. The molecule has 80 valence electrons. The number of likely N-dealkylation sites (N-methyl/N-ethyl adjacent to an activating group) is 1. The molecule has 1 heterocycles. The standard InChI is InChI=1S/C10H19N3O/c1-8(14)9-6-7-12(4)10(11(2)3)13(9)5/h6-7,9-10H,1-5H3. The van der Waals surface area contributed by atoms with Gasteiger partial charge in [-0.25, -0.2) is 0 Å². The molecule has 4 heteroatoms. The van der Waals surface area contributed by atoms with E-state index in [1.54, 1.807) is 6.92 Å². The van der Waals surface area contributed by atoms with Crippen molar-refractivity contribution in [2.45, 2.75) is 19.3 Å². The molecule has 0 spiro atoms. The molecule has 14 heavy (non-hydrogen) atoms. The Morgan fingerprint density at radius 3 is 2.36 bits per heavy atom. The summed E-state index contributed by atoms with van der Waals surface area (Å²) in [6.45, 7) is 1.63. The van der Waals surface area contributed by atoms with Gasteiger partial charge in [0.2, 0.25) is 0 Å². The first-order valence-corrected chi connectivity index (χ1v) is 4.74. The minimum Gasteiger partial charge on any atom is -0.353 e. The van der Waals surface area contributed by atoms with Gasteiger partial charge < -0.3 is 4.90 Å². The topological polar surface area (TPSA) is 26.8 Å². The van der Waals surface area contributed by atoms with E-state index in [4.69, 9.17) is 0 Å². The second-order valence-electron chi connectivity index (χ2n) is 4.04. The third kappa shape index (κ3) is 1.96. The fraction of sp³-hybridized carbons (Fsp3) is 0.700. The maximum Gasteiger partial charge on any atom is 0.150 e. The van der Waals surface area contributed by atoms with Crippen LogP contribution in [0.5, 0.6) is 0 Å². The molecule has 0 aromatic heterocycles. The second-order valence-corrected chi connectivity index (χ2v) is 4.04. The molecule has 0 saturated carbocycles. The van der Waals surface area contributed by atoms with Crippen molar-refractivity contribution in [1.29, 1.82) is 0 Å². The molecule has 0 bridgehead atoms. The number of hydrogen-bond donors (Lipinski definition) is 0. The van der Waals surface area contributed by atoms with Gasteiger partial charge in [-0.3, -0.25) is 14.6 Å². The van der Waals surface area contributed by atoms with Gasteiger partial charge in [-0.05, 0) is 40.3 Å². The molecule has 0 aliphatic carbocycles. The number of rotatable bonds is 2. The van der Waals surface area contributed by atoms with E-state index < -0.39 is 0 Å². The maximum absolute atomic E-state index is 11.4. The van der Waals surface area contributed by atoms with E-state index in [0.29, 0.717) is 0 Å². The van der Waals surface area contributed by atoms with Gasteiger partial charge >= 0.3 is 0 Å². The SMILES string of the molecule is CC(=O)C1C=CN(C)C(N(C)C)N1C. The average Bonchev–Trinajstić information content (AvgIpc) is 2.02. The second kappa shape index (κ2) is 4.11. The highest BCUT2D eigenvalue weighted by Crippen LogP contribution is 2.16. The molecule has 0 radical (unpaired) electrons. The summed E-state index contributed by atoms with van der Waals surface area (Å²) in [6.07, 6.45) is 4.05. The Morgan fingerprint density at radius 2 is 1.93 bits per heavy atom. The summed E-state index contributed by atoms with van der Waals surface area (Å²) in [5.41, 5.74) is 0. The van der Waals surface area contributed by atoms with Crippen LogP contribution >= 0.6 is 0 Å². The van der Waals surface area contributed by atoms with Gasteiger partial charge in [-0.15, -0.1) is 0 Å². The molecular formula is C10H19N3O. The summed E-state index contributed by atoms with van der Waals surface area (Å²) in [4.78, 5) is 17.6. The van der Waals surface area contributed by atoms with E-state index in [2.05, 4.69) is 14.7 Å². The predicted octanol–water partition coefficient (Wildman–Crippen LogP) is 0.180. The monoisotopic (exact) mass is 197 g/mol. The number of carbonyl (C=O) groups is 1. The van der Waals surface area contributed by atoms with Crippen molar-refractivity contribution in [3.63, 3.8) is 0 Å². The molecule has 0 aromatic carbocycles. The zero-order valence-electron chi connectivity index (χ0n) is 9.56. The number of Topliss-reactive ketones (excluding diaryl/α,β-unsaturated/α-hetero) is 1. The van der Waals surface area contributed by atoms with Crippen molar-refractivity contribution < 1.29 is 4.79 Å². The minimum atomic E-state index is -0.0985. The van der Waals surface area contributed by atoms with Gasteiger partial charge in [-0.2, -0.15) is 0 Å². The van der Waals surface area contributed by atoms with Crippen molar-refractivity contribution in [2.24, 2.45) is 0 Å². The molecule has 0 aromatic rings. The highest BCUT2D eigenvalue weighted by atomic mass is 16.1. The minimum absolute atomic E-state index is 0.0985. The van der Waals surface area contributed by atoms with Gasteiger partial charge in [0, 0.05) is 7.05 Å². The summed E-state index contributed by atoms with van der Waals surface area (Å²) >= 11 is 0. The van der Waals surface area contributed by atoms with E-state index in [0.717, 1.165) is 0 Å². The Morgan fingerprint density at radius 1 is 1.36 bits per heavy atom. The highest BCUT2D eigenvalue weighted by molar-refractivity contribution is 5.83. The van der Waals surface area contributed by atoms with E-state index in [1.165, 1.54) is 0 Å². The van der Waals surface area contributed by atoms with Gasteiger partial charge in [0.1, 0.15) is 6.29 Å². The van der Waals surface area contributed by atoms with Crippen LogP contribution in [0.1, 0.15) is 6.92 Å².